The summed E-state index contributed by atoms with van der Waals surface area (Å²) in [7, 11) is 0. The highest BCUT2D eigenvalue weighted by Gasteiger charge is 1.96. The fourth-order valence-corrected chi connectivity index (χ4v) is 1.54. The van der Waals surface area contributed by atoms with Crippen molar-refractivity contribution in [3.05, 3.63) is 40.5 Å². The summed E-state index contributed by atoms with van der Waals surface area (Å²) in [6.07, 6.45) is 7.07. The van der Waals surface area contributed by atoms with Crippen LogP contribution in [-0.4, -0.2) is 4.98 Å². The Kier molecular flexibility index (Phi) is 2.03. The molecule has 2 rings (SSSR count). The van der Waals surface area contributed by atoms with Gasteiger partial charge >= 0.3 is 0 Å². The third kappa shape index (κ3) is 1.56. The molecular weight excluding hydrogens is 226 g/mol. The van der Waals surface area contributed by atoms with Gasteiger partial charge in [-0.3, -0.25) is 4.98 Å². The summed E-state index contributed by atoms with van der Waals surface area (Å²) in [5.74, 6) is 2.60. The van der Waals surface area contributed by atoms with Crippen molar-refractivity contribution in [3.8, 4) is 12.3 Å². The summed E-state index contributed by atoms with van der Waals surface area (Å²) < 4.78 is 0.967. The van der Waals surface area contributed by atoms with Gasteiger partial charge in [0, 0.05) is 21.6 Å². The average molecular weight is 232 g/mol. The van der Waals surface area contributed by atoms with Crippen LogP contribution in [0.2, 0.25) is 0 Å². The lowest BCUT2D eigenvalue weighted by atomic mass is 10.1. The Balaban J connectivity index is 2.77. The van der Waals surface area contributed by atoms with E-state index in [1.807, 2.05) is 24.3 Å². The second kappa shape index (κ2) is 3.20. The van der Waals surface area contributed by atoms with Gasteiger partial charge in [-0.15, -0.1) is 6.42 Å². The Labute approximate surface area is 84.9 Å². The van der Waals surface area contributed by atoms with E-state index < -0.39 is 0 Å². The molecule has 0 spiro atoms. The van der Waals surface area contributed by atoms with Crippen molar-refractivity contribution in [3.63, 3.8) is 0 Å². The van der Waals surface area contributed by atoms with Gasteiger partial charge in [0.1, 0.15) is 0 Å². The van der Waals surface area contributed by atoms with Crippen LogP contribution in [0.4, 0.5) is 0 Å². The highest BCUT2D eigenvalue weighted by molar-refractivity contribution is 9.10. The molecule has 0 saturated heterocycles. The number of rotatable bonds is 0. The standard InChI is InChI=1S/C11H6BrN/c1-2-8-3-4-11-9(5-8)6-10(12)7-13-11/h1,3-7H. The quantitative estimate of drug-likeness (QED) is 0.636. The molecule has 0 radical (unpaired) electrons. The summed E-state index contributed by atoms with van der Waals surface area (Å²) >= 11 is 3.36. The molecule has 0 atom stereocenters. The molecule has 0 unspecified atom stereocenters. The molecule has 0 N–H and O–H groups in total. The summed E-state index contributed by atoms with van der Waals surface area (Å²) in [4.78, 5) is 4.24. The van der Waals surface area contributed by atoms with Crippen LogP contribution in [0.15, 0.2) is 34.9 Å². The molecule has 0 aliphatic carbocycles. The fraction of sp³-hybridized carbons (Fsp3) is 0. The maximum atomic E-state index is 5.30. The lowest BCUT2D eigenvalue weighted by Gasteiger charge is -1.97. The molecule has 13 heavy (non-hydrogen) atoms. The van der Waals surface area contributed by atoms with Crippen molar-refractivity contribution in [2.24, 2.45) is 0 Å². The van der Waals surface area contributed by atoms with Gasteiger partial charge in [0.15, 0.2) is 0 Å². The number of nitrogens with zero attached hydrogens (tertiary/aromatic N) is 1. The summed E-state index contributed by atoms with van der Waals surface area (Å²) in [5.41, 5.74) is 1.84. The number of benzene rings is 1. The minimum absolute atomic E-state index is 0.882. The van der Waals surface area contributed by atoms with Crippen molar-refractivity contribution in [2.75, 3.05) is 0 Å². The van der Waals surface area contributed by atoms with E-state index in [2.05, 4.69) is 26.8 Å². The summed E-state index contributed by atoms with van der Waals surface area (Å²) in [5, 5.41) is 1.06. The van der Waals surface area contributed by atoms with Crippen LogP contribution in [0.5, 0.6) is 0 Å². The van der Waals surface area contributed by atoms with E-state index in [-0.39, 0.29) is 0 Å². The highest BCUT2D eigenvalue weighted by atomic mass is 79.9. The minimum Gasteiger partial charge on any atom is -0.255 e. The predicted octanol–water partition coefficient (Wildman–Crippen LogP) is 2.98. The zero-order valence-corrected chi connectivity index (χ0v) is 8.38. The number of terminal acetylenes is 1. The van der Waals surface area contributed by atoms with Crippen LogP contribution in [0.1, 0.15) is 5.56 Å². The first-order chi connectivity index (χ1) is 6.29. The van der Waals surface area contributed by atoms with Crippen molar-refractivity contribution in [1.29, 1.82) is 0 Å². The Morgan fingerprint density at radius 3 is 2.92 bits per heavy atom. The van der Waals surface area contributed by atoms with E-state index in [4.69, 9.17) is 6.42 Å². The van der Waals surface area contributed by atoms with Crippen LogP contribution in [0.3, 0.4) is 0 Å². The molecule has 1 nitrogen and oxygen atoms in total. The van der Waals surface area contributed by atoms with Crippen molar-refractivity contribution in [2.45, 2.75) is 0 Å². The van der Waals surface area contributed by atoms with Crippen molar-refractivity contribution in [1.82, 2.24) is 4.98 Å². The molecule has 0 aliphatic heterocycles. The van der Waals surface area contributed by atoms with Crippen molar-refractivity contribution >= 4 is 26.8 Å². The molecule has 1 aromatic carbocycles. The zero-order valence-electron chi connectivity index (χ0n) is 6.79. The van der Waals surface area contributed by atoms with E-state index in [9.17, 15) is 0 Å². The van der Waals surface area contributed by atoms with Crippen LogP contribution in [0.25, 0.3) is 10.9 Å². The molecule has 2 heteroatoms. The first-order valence-electron chi connectivity index (χ1n) is 3.81. The van der Waals surface area contributed by atoms with Gasteiger partial charge < -0.3 is 0 Å². The predicted molar refractivity (Wildman–Crippen MR) is 57.4 cm³/mol. The Morgan fingerprint density at radius 2 is 2.15 bits per heavy atom. The van der Waals surface area contributed by atoms with Crippen LogP contribution in [-0.2, 0) is 0 Å². The van der Waals surface area contributed by atoms with Gasteiger partial charge in [-0.2, -0.15) is 0 Å². The molecule has 0 aliphatic rings. The second-order valence-corrected chi connectivity index (χ2v) is 3.62. The van der Waals surface area contributed by atoms with Gasteiger partial charge in [-0.1, -0.05) is 5.92 Å². The minimum atomic E-state index is 0.882. The van der Waals surface area contributed by atoms with E-state index in [0.717, 1.165) is 20.9 Å². The molecule has 62 valence electrons. The van der Waals surface area contributed by atoms with Gasteiger partial charge in [0.05, 0.1) is 5.52 Å². The zero-order chi connectivity index (χ0) is 9.26. The molecule has 1 heterocycles. The van der Waals surface area contributed by atoms with Gasteiger partial charge in [0.25, 0.3) is 0 Å². The molecule has 2 aromatic rings. The monoisotopic (exact) mass is 231 g/mol. The van der Waals surface area contributed by atoms with E-state index in [0.29, 0.717) is 0 Å². The molecule has 0 fully saturated rings. The summed E-state index contributed by atoms with van der Waals surface area (Å²) in [6, 6.07) is 7.77. The maximum Gasteiger partial charge on any atom is 0.0703 e. The van der Waals surface area contributed by atoms with E-state index in [1.165, 1.54) is 0 Å². The van der Waals surface area contributed by atoms with Crippen LogP contribution >= 0.6 is 15.9 Å². The molecule has 1 aromatic heterocycles. The van der Waals surface area contributed by atoms with Crippen LogP contribution in [0, 0.1) is 12.3 Å². The third-order valence-corrected chi connectivity index (χ3v) is 2.25. The highest BCUT2D eigenvalue weighted by Crippen LogP contribution is 2.17. The number of hydrogen-bond acceptors (Lipinski definition) is 1. The Morgan fingerprint density at radius 1 is 1.31 bits per heavy atom. The second-order valence-electron chi connectivity index (χ2n) is 2.71. The molecular formula is C11H6BrN. The topological polar surface area (TPSA) is 12.9 Å². The SMILES string of the molecule is C#Cc1ccc2ncc(Br)cc2c1. The lowest BCUT2D eigenvalue weighted by molar-refractivity contribution is 1.39. The lowest BCUT2D eigenvalue weighted by Crippen LogP contribution is -1.80. The average Bonchev–Trinajstić information content (AvgIpc) is 2.16. The largest absolute Gasteiger partial charge is 0.255 e. The first kappa shape index (κ1) is 8.28. The molecule has 0 saturated carbocycles. The fourth-order valence-electron chi connectivity index (χ4n) is 1.19. The van der Waals surface area contributed by atoms with Crippen LogP contribution < -0.4 is 0 Å². The third-order valence-electron chi connectivity index (χ3n) is 1.81. The maximum absolute atomic E-state index is 5.30. The number of hydrogen-bond donors (Lipinski definition) is 0. The van der Waals surface area contributed by atoms with Crippen molar-refractivity contribution < 1.29 is 0 Å². The number of halogens is 1. The van der Waals surface area contributed by atoms with E-state index in [1.54, 1.807) is 6.20 Å². The Bertz CT molecular complexity index is 497. The first-order valence-corrected chi connectivity index (χ1v) is 4.61. The van der Waals surface area contributed by atoms with Gasteiger partial charge in [0.2, 0.25) is 0 Å². The van der Waals surface area contributed by atoms with Gasteiger partial charge in [-0.25, -0.2) is 0 Å². The number of pyridine rings is 1. The number of aromatic nitrogens is 1. The molecule has 0 amide bonds. The molecule has 0 bridgehead atoms. The van der Waals surface area contributed by atoms with Gasteiger partial charge in [-0.05, 0) is 40.2 Å². The van der Waals surface area contributed by atoms with E-state index >= 15 is 0 Å². The number of fused-ring (bicyclic) bond motifs is 1. The smallest absolute Gasteiger partial charge is 0.0703 e. The Hall–Kier alpha value is -1.33. The normalized spacial score (nSPS) is 9.85. The summed E-state index contributed by atoms with van der Waals surface area (Å²) in [6.45, 7) is 0.